The zero-order valence-corrected chi connectivity index (χ0v) is 8.02. The van der Waals surface area contributed by atoms with E-state index in [9.17, 15) is 0 Å². The van der Waals surface area contributed by atoms with Gasteiger partial charge in [0.25, 0.3) is 0 Å². The molecule has 68 valence electrons. The van der Waals surface area contributed by atoms with Crippen molar-refractivity contribution in [2.75, 3.05) is 0 Å². The SMILES string of the molecule is CC(C)Cc1nc(Cl)c(CO)[nH]1. The Labute approximate surface area is 76.8 Å². The summed E-state index contributed by atoms with van der Waals surface area (Å²) in [5, 5.41) is 9.19. The van der Waals surface area contributed by atoms with Crippen molar-refractivity contribution in [1.82, 2.24) is 9.97 Å². The molecule has 0 saturated heterocycles. The maximum atomic E-state index is 8.81. The van der Waals surface area contributed by atoms with Gasteiger partial charge in [0, 0.05) is 6.42 Å². The molecule has 0 radical (unpaired) electrons. The molecule has 4 heteroatoms. The Morgan fingerprint density at radius 1 is 1.58 bits per heavy atom. The van der Waals surface area contributed by atoms with Crippen molar-refractivity contribution in [1.29, 1.82) is 0 Å². The Morgan fingerprint density at radius 3 is 2.67 bits per heavy atom. The Balaban J connectivity index is 2.75. The second-order valence-electron chi connectivity index (χ2n) is 3.21. The van der Waals surface area contributed by atoms with E-state index in [0.29, 0.717) is 16.8 Å². The van der Waals surface area contributed by atoms with Crippen LogP contribution in [-0.2, 0) is 13.0 Å². The fourth-order valence-corrected chi connectivity index (χ4v) is 1.24. The van der Waals surface area contributed by atoms with Crippen LogP contribution in [0.2, 0.25) is 5.15 Å². The van der Waals surface area contributed by atoms with Crippen LogP contribution < -0.4 is 0 Å². The van der Waals surface area contributed by atoms with Crippen molar-refractivity contribution in [3.8, 4) is 0 Å². The predicted octanol–water partition coefficient (Wildman–Crippen LogP) is 1.75. The molecule has 12 heavy (non-hydrogen) atoms. The maximum Gasteiger partial charge on any atom is 0.152 e. The third-order valence-corrected chi connectivity index (χ3v) is 1.85. The number of imidazole rings is 1. The molecule has 0 fully saturated rings. The summed E-state index contributed by atoms with van der Waals surface area (Å²) < 4.78 is 0. The number of aromatic amines is 1. The molecule has 1 aromatic heterocycles. The Morgan fingerprint density at radius 2 is 2.25 bits per heavy atom. The third kappa shape index (κ3) is 2.22. The summed E-state index contributed by atoms with van der Waals surface area (Å²) in [6.45, 7) is 4.13. The van der Waals surface area contributed by atoms with Gasteiger partial charge in [-0.25, -0.2) is 4.98 Å². The first-order valence-corrected chi connectivity index (χ1v) is 4.35. The zero-order chi connectivity index (χ0) is 9.14. The van der Waals surface area contributed by atoms with E-state index in [1.807, 2.05) is 0 Å². The highest BCUT2D eigenvalue weighted by Crippen LogP contribution is 2.14. The van der Waals surface area contributed by atoms with Crippen molar-refractivity contribution in [2.24, 2.45) is 5.92 Å². The minimum atomic E-state index is -0.0794. The summed E-state index contributed by atoms with van der Waals surface area (Å²) in [6, 6.07) is 0. The first-order chi connectivity index (χ1) is 5.63. The molecule has 3 nitrogen and oxygen atoms in total. The van der Waals surface area contributed by atoms with Gasteiger partial charge in [-0.05, 0) is 5.92 Å². The maximum absolute atomic E-state index is 8.81. The minimum absolute atomic E-state index is 0.0794. The number of aliphatic hydroxyl groups excluding tert-OH is 1. The number of aromatic nitrogens is 2. The van der Waals surface area contributed by atoms with Gasteiger partial charge in [0.1, 0.15) is 5.82 Å². The number of halogens is 1. The molecule has 0 amide bonds. The normalized spacial score (nSPS) is 11.1. The summed E-state index contributed by atoms with van der Waals surface area (Å²) >= 11 is 5.73. The standard InChI is InChI=1S/C8H13ClN2O/c1-5(2)3-7-10-6(4-12)8(9)11-7/h5,12H,3-4H2,1-2H3,(H,10,11). The number of hydrogen-bond acceptors (Lipinski definition) is 2. The molecule has 0 aliphatic carbocycles. The monoisotopic (exact) mass is 188 g/mol. The second-order valence-corrected chi connectivity index (χ2v) is 3.57. The number of aliphatic hydroxyl groups is 1. The van der Waals surface area contributed by atoms with E-state index in [0.717, 1.165) is 12.2 Å². The smallest absolute Gasteiger partial charge is 0.152 e. The van der Waals surface area contributed by atoms with Crippen molar-refractivity contribution in [3.05, 3.63) is 16.7 Å². The van der Waals surface area contributed by atoms with Crippen molar-refractivity contribution >= 4 is 11.6 Å². The molecule has 0 unspecified atom stereocenters. The molecule has 0 bridgehead atoms. The van der Waals surface area contributed by atoms with Gasteiger partial charge in [-0.1, -0.05) is 25.4 Å². The first kappa shape index (κ1) is 9.55. The Bertz CT molecular complexity index is 258. The molecular formula is C8H13ClN2O. The molecule has 2 N–H and O–H groups in total. The lowest BCUT2D eigenvalue weighted by atomic mass is 10.1. The largest absolute Gasteiger partial charge is 0.390 e. The van der Waals surface area contributed by atoms with Crippen LogP contribution in [0.5, 0.6) is 0 Å². The molecule has 1 rings (SSSR count). The van der Waals surface area contributed by atoms with Crippen LogP contribution in [0.4, 0.5) is 0 Å². The van der Waals surface area contributed by atoms with Crippen LogP contribution in [0, 0.1) is 5.92 Å². The van der Waals surface area contributed by atoms with Crippen molar-refractivity contribution in [3.63, 3.8) is 0 Å². The highest BCUT2D eigenvalue weighted by Gasteiger charge is 2.07. The van der Waals surface area contributed by atoms with Gasteiger partial charge in [-0.15, -0.1) is 0 Å². The van der Waals surface area contributed by atoms with E-state index in [-0.39, 0.29) is 6.61 Å². The molecule has 0 aliphatic rings. The van der Waals surface area contributed by atoms with Crippen LogP contribution in [0.15, 0.2) is 0 Å². The molecule has 1 heterocycles. The average molecular weight is 189 g/mol. The van der Waals surface area contributed by atoms with Crippen LogP contribution in [0.1, 0.15) is 25.4 Å². The summed E-state index contributed by atoms with van der Waals surface area (Å²) in [5.41, 5.74) is 0.604. The van der Waals surface area contributed by atoms with Gasteiger partial charge < -0.3 is 10.1 Å². The summed E-state index contributed by atoms with van der Waals surface area (Å²) in [4.78, 5) is 7.04. The summed E-state index contributed by atoms with van der Waals surface area (Å²) in [7, 11) is 0. The molecule has 0 atom stereocenters. The van der Waals surface area contributed by atoms with E-state index >= 15 is 0 Å². The van der Waals surface area contributed by atoms with E-state index in [1.54, 1.807) is 0 Å². The third-order valence-electron chi connectivity index (χ3n) is 1.54. The van der Waals surface area contributed by atoms with E-state index in [4.69, 9.17) is 16.7 Å². The topological polar surface area (TPSA) is 48.9 Å². The van der Waals surface area contributed by atoms with Crippen LogP contribution in [-0.4, -0.2) is 15.1 Å². The van der Waals surface area contributed by atoms with Crippen molar-refractivity contribution in [2.45, 2.75) is 26.9 Å². The first-order valence-electron chi connectivity index (χ1n) is 3.97. The molecule has 0 spiro atoms. The highest BCUT2D eigenvalue weighted by atomic mass is 35.5. The fraction of sp³-hybridized carbons (Fsp3) is 0.625. The van der Waals surface area contributed by atoms with Gasteiger partial charge >= 0.3 is 0 Å². The average Bonchev–Trinajstić information content (AvgIpc) is 2.29. The summed E-state index contributed by atoms with van der Waals surface area (Å²) in [6.07, 6.45) is 0.861. The van der Waals surface area contributed by atoms with Gasteiger partial charge in [0.05, 0.1) is 12.3 Å². The van der Waals surface area contributed by atoms with Crippen molar-refractivity contribution < 1.29 is 5.11 Å². The zero-order valence-electron chi connectivity index (χ0n) is 7.26. The van der Waals surface area contributed by atoms with Gasteiger partial charge in [-0.3, -0.25) is 0 Å². The number of nitrogens with one attached hydrogen (secondary N) is 1. The van der Waals surface area contributed by atoms with E-state index < -0.39 is 0 Å². The van der Waals surface area contributed by atoms with Gasteiger partial charge in [-0.2, -0.15) is 0 Å². The van der Waals surface area contributed by atoms with E-state index in [1.165, 1.54) is 0 Å². The van der Waals surface area contributed by atoms with Gasteiger partial charge in [0.15, 0.2) is 5.15 Å². The van der Waals surface area contributed by atoms with Gasteiger partial charge in [0.2, 0.25) is 0 Å². The quantitative estimate of drug-likeness (QED) is 0.760. The summed E-state index contributed by atoms with van der Waals surface area (Å²) in [5.74, 6) is 1.39. The lowest BCUT2D eigenvalue weighted by molar-refractivity contribution is 0.277. The number of rotatable bonds is 3. The Hall–Kier alpha value is -0.540. The minimum Gasteiger partial charge on any atom is -0.390 e. The molecule has 0 saturated carbocycles. The molecule has 0 aliphatic heterocycles. The number of hydrogen-bond donors (Lipinski definition) is 2. The number of H-pyrrole nitrogens is 1. The van der Waals surface area contributed by atoms with Crippen LogP contribution in [0.25, 0.3) is 0 Å². The van der Waals surface area contributed by atoms with E-state index in [2.05, 4.69) is 23.8 Å². The molecular weight excluding hydrogens is 176 g/mol. The lowest BCUT2D eigenvalue weighted by Crippen LogP contribution is -1.96. The van der Waals surface area contributed by atoms with Crippen LogP contribution in [0.3, 0.4) is 0 Å². The second kappa shape index (κ2) is 3.92. The Kier molecular flexibility index (Phi) is 3.12. The molecule has 1 aromatic rings. The number of nitrogens with zero attached hydrogens (tertiary/aromatic N) is 1. The highest BCUT2D eigenvalue weighted by molar-refractivity contribution is 6.30. The molecule has 0 aromatic carbocycles. The fourth-order valence-electron chi connectivity index (χ4n) is 1.03. The van der Waals surface area contributed by atoms with Crippen LogP contribution >= 0.6 is 11.6 Å². The lowest BCUT2D eigenvalue weighted by Gasteiger charge is -1.98. The predicted molar refractivity (Wildman–Crippen MR) is 48.1 cm³/mol.